The number of nitrogens with one attached hydrogen (secondary N) is 2. The van der Waals surface area contributed by atoms with Gasteiger partial charge in [0, 0.05) is 11.4 Å². The van der Waals surface area contributed by atoms with Gasteiger partial charge in [-0.25, -0.2) is 9.78 Å². The van der Waals surface area contributed by atoms with Gasteiger partial charge >= 0.3 is 5.97 Å². The van der Waals surface area contributed by atoms with Crippen molar-refractivity contribution in [3.8, 4) is 0 Å². The highest BCUT2D eigenvalue weighted by molar-refractivity contribution is 5.97. The van der Waals surface area contributed by atoms with Crippen LogP contribution in [0.1, 0.15) is 21.5 Å². The number of aromatic carboxylic acids is 1. The zero-order chi connectivity index (χ0) is 17.8. The van der Waals surface area contributed by atoms with Crippen molar-refractivity contribution in [2.45, 2.75) is 13.8 Å². The first-order valence-electron chi connectivity index (χ1n) is 7.95. The second kappa shape index (κ2) is 7.05. The van der Waals surface area contributed by atoms with Crippen molar-refractivity contribution in [1.29, 1.82) is 0 Å². The maximum atomic E-state index is 11.8. The van der Waals surface area contributed by atoms with Gasteiger partial charge in [0.2, 0.25) is 0 Å². The third-order valence-electron chi connectivity index (χ3n) is 4.04. The molecule has 25 heavy (non-hydrogen) atoms. The van der Waals surface area contributed by atoms with Crippen molar-refractivity contribution in [1.82, 2.24) is 4.98 Å². The minimum absolute atomic E-state index is 0.181. The molecule has 0 saturated carbocycles. The van der Waals surface area contributed by atoms with E-state index in [9.17, 15) is 9.90 Å². The highest BCUT2D eigenvalue weighted by Crippen LogP contribution is 2.30. The van der Waals surface area contributed by atoms with Crippen LogP contribution in [0.4, 0.5) is 23.0 Å². The second-order valence-electron chi connectivity index (χ2n) is 5.72. The molecule has 0 fully saturated rings. The number of carboxylic acid groups (broad SMARTS) is 1. The normalized spacial score (nSPS) is 10.3. The molecule has 3 N–H and O–H groups in total. The fraction of sp³-hybridized carbons (Fsp3) is 0.100. The van der Waals surface area contributed by atoms with E-state index in [0.29, 0.717) is 17.2 Å². The van der Waals surface area contributed by atoms with Gasteiger partial charge in [-0.05, 0) is 49.2 Å². The van der Waals surface area contributed by atoms with Crippen molar-refractivity contribution in [2.24, 2.45) is 0 Å². The van der Waals surface area contributed by atoms with Crippen molar-refractivity contribution in [2.75, 3.05) is 10.6 Å². The van der Waals surface area contributed by atoms with E-state index >= 15 is 0 Å². The minimum Gasteiger partial charge on any atom is -0.478 e. The first kappa shape index (κ1) is 16.5. The fourth-order valence-corrected chi connectivity index (χ4v) is 2.58. The van der Waals surface area contributed by atoms with E-state index < -0.39 is 5.97 Å². The molecule has 126 valence electrons. The second-order valence-corrected chi connectivity index (χ2v) is 5.72. The van der Waals surface area contributed by atoms with Crippen LogP contribution in [0, 0.1) is 13.8 Å². The van der Waals surface area contributed by atoms with Gasteiger partial charge in [0.05, 0.1) is 0 Å². The lowest BCUT2D eigenvalue weighted by atomic mass is 10.0. The molecular weight excluding hydrogens is 314 g/mol. The Kier molecular flexibility index (Phi) is 4.66. The van der Waals surface area contributed by atoms with Gasteiger partial charge in [-0.2, -0.15) is 0 Å². The molecule has 0 bridgehead atoms. The molecule has 5 nitrogen and oxygen atoms in total. The van der Waals surface area contributed by atoms with E-state index in [1.165, 1.54) is 0 Å². The summed E-state index contributed by atoms with van der Waals surface area (Å²) in [5.41, 5.74) is 3.34. The lowest BCUT2D eigenvalue weighted by Crippen LogP contribution is -2.11. The number of anilines is 4. The van der Waals surface area contributed by atoms with Crippen LogP contribution in [0.2, 0.25) is 0 Å². The van der Waals surface area contributed by atoms with E-state index in [1.807, 2.05) is 67.6 Å². The summed E-state index contributed by atoms with van der Waals surface area (Å²) in [5, 5.41) is 16.0. The SMILES string of the molecule is Cc1c(Nc2ccccc2)nc(Nc2ccccc2)c(C(=O)O)c1C. The van der Waals surface area contributed by atoms with Crippen molar-refractivity contribution in [3.05, 3.63) is 77.4 Å². The number of pyridine rings is 1. The van der Waals surface area contributed by atoms with Crippen LogP contribution < -0.4 is 10.6 Å². The van der Waals surface area contributed by atoms with E-state index in [2.05, 4.69) is 15.6 Å². The Hall–Kier alpha value is -3.34. The smallest absolute Gasteiger partial charge is 0.339 e. The Morgan fingerprint density at radius 2 is 1.28 bits per heavy atom. The van der Waals surface area contributed by atoms with Gasteiger partial charge in [0.15, 0.2) is 0 Å². The van der Waals surface area contributed by atoms with Gasteiger partial charge in [-0.3, -0.25) is 0 Å². The average Bonchev–Trinajstić information content (AvgIpc) is 2.61. The van der Waals surface area contributed by atoms with Gasteiger partial charge in [0.25, 0.3) is 0 Å². The van der Waals surface area contributed by atoms with Crippen molar-refractivity contribution < 1.29 is 9.90 Å². The fourth-order valence-electron chi connectivity index (χ4n) is 2.58. The van der Waals surface area contributed by atoms with E-state index in [4.69, 9.17) is 0 Å². The van der Waals surface area contributed by atoms with Crippen LogP contribution in [0.25, 0.3) is 0 Å². The Morgan fingerprint density at radius 3 is 1.76 bits per heavy atom. The summed E-state index contributed by atoms with van der Waals surface area (Å²) in [7, 11) is 0. The summed E-state index contributed by atoms with van der Waals surface area (Å²) in [6.45, 7) is 3.67. The van der Waals surface area contributed by atoms with Crippen LogP contribution in [0.3, 0.4) is 0 Å². The molecule has 0 amide bonds. The summed E-state index contributed by atoms with van der Waals surface area (Å²) in [6.07, 6.45) is 0. The molecule has 0 aliphatic rings. The average molecular weight is 333 g/mol. The van der Waals surface area contributed by atoms with Crippen molar-refractivity contribution >= 4 is 29.0 Å². The number of hydrogen-bond donors (Lipinski definition) is 3. The predicted molar refractivity (Wildman–Crippen MR) is 100 cm³/mol. The lowest BCUT2D eigenvalue weighted by Gasteiger charge is -2.17. The maximum absolute atomic E-state index is 11.8. The largest absolute Gasteiger partial charge is 0.478 e. The number of carboxylic acids is 1. The molecule has 2 aromatic carbocycles. The highest BCUT2D eigenvalue weighted by atomic mass is 16.4. The standard InChI is InChI=1S/C20H19N3O2/c1-13-14(2)18(21-15-9-5-3-6-10-15)23-19(17(13)20(24)25)22-16-11-7-4-8-12-16/h3-12H,1-2H3,(H,24,25)(H2,21,22,23). The number of hydrogen-bond acceptors (Lipinski definition) is 4. The van der Waals surface area contributed by atoms with Gasteiger partial charge < -0.3 is 15.7 Å². The third-order valence-corrected chi connectivity index (χ3v) is 4.04. The molecule has 0 atom stereocenters. The van der Waals surface area contributed by atoms with Crippen LogP contribution >= 0.6 is 0 Å². The molecule has 1 aromatic heterocycles. The van der Waals surface area contributed by atoms with E-state index in [1.54, 1.807) is 6.92 Å². The molecule has 0 unspecified atom stereocenters. The quantitative estimate of drug-likeness (QED) is 0.620. The van der Waals surface area contributed by atoms with Crippen molar-refractivity contribution in [3.63, 3.8) is 0 Å². The Bertz CT molecular complexity index is 894. The molecule has 5 heteroatoms. The van der Waals surface area contributed by atoms with Crippen LogP contribution in [0.5, 0.6) is 0 Å². The summed E-state index contributed by atoms with van der Waals surface area (Å²) in [6, 6.07) is 19.1. The Balaban J connectivity index is 2.06. The van der Waals surface area contributed by atoms with E-state index in [0.717, 1.165) is 16.9 Å². The number of carbonyl (C=O) groups is 1. The molecule has 3 rings (SSSR count). The Labute approximate surface area is 146 Å². The first-order valence-corrected chi connectivity index (χ1v) is 7.95. The number of benzene rings is 2. The van der Waals surface area contributed by atoms with Crippen LogP contribution in [-0.4, -0.2) is 16.1 Å². The van der Waals surface area contributed by atoms with Gasteiger partial charge in [-0.1, -0.05) is 36.4 Å². The highest BCUT2D eigenvalue weighted by Gasteiger charge is 2.20. The maximum Gasteiger partial charge on any atom is 0.339 e. The minimum atomic E-state index is -1.00. The summed E-state index contributed by atoms with van der Waals surface area (Å²) in [4.78, 5) is 16.3. The van der Waals surface area contributed by atoms with E-state index in [-0.39, 0.29) is 5.56 Å². The zero-order valence-corrected chi connectivity index (χ0v) is 14.1. The van der Waals surface area contributed by atoms with Gasteiger partial charge in [0.1, 0.15) is 17.2 Å². The molecular formula is C20H19N3O2. The number of aromatic nitrogens is 1. The molecule has 0 spiro atoms. The molecule has 0 radical (unpaired) electrons. The number of rotatable bonds is 5. The van der Waals surface area contributed by atoms with Crippen LogP contribution in [0.15, 0.2) is 60.7 Å². The Morgan fingerprint density at radius 1 is 0.800 bits per heavy atom. The molecule has 0 saturated heterocycles. The zero-order valence-electron chi connectivity index (χ0n) is 14.1. The van der Waals surface area contributed by atoms with Gasteiger partial charge in [-0.15, -0.1) is 0 Å². The third kappa shape index (κ3) is 3.61. The topological polar surface area (TPSA) is 74.2 Å². The molecule has 1 heterocycles. The first-order chi connectivity index (χ1) is 12.1. The monoisotopic (exact) mass is 333 g/mol. The lowest BCUT2D eigenvalue weighted by molar-refractivity contribution is 0.0697. The number of nitrogens with zero attached hydrogens (tertiary/aromatic N) is 1. The molecule has 0 aliphatic carbocycles. The predicted octanol–water partition coefficient (Wildman–Crippen LogP) is 4.88. The summed E-state index contributed by atoms with van der Waals surface area (Å²) in [5.74, 6) is -0.0508. The molecule has 3 aromatic rings. The molecule has 0 aliphatic heterocycles. The summed E-state index contributed by atoms with van der Waals surface area (Å²) < 4.78 is 0. The number of para-hydroxylation sites is 2. The summed E-state index contributed by atoms with van der Waals surface area (Å²) >= 11 is 0. The van der Waals surface area contributed by atoms with Crippen LogP contribution in [-0.2, 0) is 0 Å².